The first kappa shape index (κ1) is 17.8. The summed E-state index contributed by atoms with van der Waals surface area (Å²) in [4.78, 5) is 24.1. The smallest absolute Gasteiger partial charge is 0.273 e. The molecule has 0 saturated carbocycles. The fraction of sp³-hybridized carbons (Fsp3) is 0.105. The summed E-state index contributed by atoms with van der Waals surface area (Å²) in [6.45, 7) is 1.62. The quantitative estimate of drug-likeness (QED) is 0.526. The molecule has 1 N–H and O–H groups in total. The molecule has 0 aliphatic carbocycles. The Bertz CT molecular complexity index is 940. The maximum absolute atomic E-state index is 13.2. The van der Waals surface area contributed by atoms with E-state index in [0.717, 1.165) is 10.4 Å². The van der Waals surface area contributed by atoms with Crippen LogP contribution in [-0.4, -0.2) is 10.8 Å². The molecule has 1 aromatic heterocycles. The second-order valence-electron chi connectivity index (χ2n) is 5.73. The van der Waals surface area contributed by atoms with Crippen LogP contribution in [0.5, 0.6) is 0 Å². The van der Waals surface area contributed by atoms with E-state index in [1.165, 1.54) is 29.5 Å². The highest BCUT2D eigenvalue weighted by Crippen LogP contribution is 2.27. The molecule has 1 atom stereocenters. The number of aryl methyl sites for hydroxylation is 1. The third kappa shape index (κ3) is 3.78. The first-order valence-corrected chi connectivity index (χ1v) is 8.68. The maximum atomic E-state index is 13.2. The molecule has 0 fully saturated rings. The van der Waals surface area contributed by atoms with Crippen molar-refractivity contribution in [1.29, 1.82) is 0 Å². The van der Waals surface area contributed by atoms with E-state index >= 15 is 0 Å². The number of rotatable bonds is 5. The van der Waals surface area contributed by atoms with Crippen LogP contribution in [0, 0.1) is 22.9 Å². The Balaban J connectivity index is 1.92. The second kappa shape index (κ2) is 7.45. The van der Waals surface area contributed by atoms with E-state index in [9.17, 15) is 19.3 Å². The Morgan fingerprint density at radius 3 is 2.54 bits per heavy atom. The Morgan fingerprint density at radius 2 is 1.92 bits per heavy atom. The average molecular weight is 370 g/mol. The molecular formula is C19H15FN2O3S. The number of benzene rings is 2. The number of nitro groups is 1. The number of nitrogens with one attached hydrogen (secondary N) is 1. The van der Waals surface area contributed by atoms with E-state index in [2.05, 4.69) is 5.32 Å². The summed E-state index contributed by atoms with van der Waals surface area (Å²) in [6.07, 6.45) is 0. The zero-order valence-corrected chi connectivity index (χ0v) is 14.6. The lowest BCUT2D eigenvalue weighted by Crippen LogP contribution is -2.28. The summed E-state index contributed by atoms with van der Waals surface area (Å²) in [5.41, 5.74) is 1.31. The minimum Gasteiger partial charge on any atom is -0.340 e. The number of amides is 1. The van der Waals surface area contributed by atoms with Gasteiger partial charge < -0.3 is 5.32 Å². The van der Waals surface area contributed by atoms with Crippen molar-refractivity contribution in [3.63, 3.8) is 0 Å². The van der Waals surface area contributed by atoms with Gasteiger partial charge in [-0.1, -0.05) is 24.3 Å². The highest BCUT2D eigenvalue weighted by atomic mass is 32.1. The summed E-state index contributed by atoms with van der Waals surface area (Å²) in [5, 5.41) is 15.9. The third-order valence-corrected chi connectivity index (χ3v) is 4.91. The van der Waals surface area contributed by atoms with Gasteiger partial charge in [0.05, 0.1) is 11.0 Å². The van der Waals surface area contributed by atoms with Crippen LogP contribution >= 0.6 is 11.3 Å². The van der Waals surface area contributed by atoms with Crippen LogP contribution in [-0.2, 0) is 0 Å². The van der Waals surface area contributed by atoms with Gasteiger partial charge in [-0.3, -0.25) is 14.9 Å². The summed E-state index contributed by atoms with van der Waals surface area (Å²) >= 11 is 1.46. The van der Waals surface area contributed by atoms with Crippen molar-refractivity contribution in [3.8, 4) is 0 Å². The van der Waals surface area contributed by atoms with E-state index in [0.29, 0.717) is 5.56 Å². The molecule has 132 valence electrons. The molecule has 7 heteroatoms. The number of nitro benzene ring substituents is 1. The van der Waals surface area contributed by atoms with Crippen molar-refractivity contribution >= 4 is 22.9 Å². The van der Waals surface area contributed by atoms with Crippen molar-refractivity contribution in [2.45, 2.75) is 13.0 Å². The van der Waals surface area contributed by atoms with Crippen molar-refractivity contribution < 1.29 is 14.1 Å². The number of halogens is 1. The molecule has 0 saturated heterocycles. The fourth-order valence-electron chi connectivity index (χ4n) is 2.59. The van der Waals surface area contributed by atoms with Crippen LogP contribution in [0.2, 0.25) is 0 Å². The van der Waals surface area contributed by atoms with Gasteiger partial charge in [-0.05, 0) is 42.1 Å². The van der Waals surface area contributed by atoms with Crippen molar-refractivity contribution in [2.75, 3.05) is 0 Å². The molecule has 0 aliphatic rings. The van der Waals surface area contributed by atoms with Gasteiger partial charge >= 0.3 is 0 Å². The Labute approximate surface area is 153 Å². The summed E-state index contributed by atoms with van der Waals surface area (Å²) in [7, 11) is 0. The van der Waals surface area contributed by atoms with Gasteiger partial charge in [0.2, 0.25) is 0 Å². The van der Waals surface area contributed by atoms with Gasteiger partial charge in [-0.25, -0.2) is 4.39 Å². The highest BCUT2D eigenvalue weighted by molar-refractivity contribution is 7.10. The molecule has 5 nitrogen and oxygen atoms in total. The molecule has 0 radical (unpaired) electrons. The Hall–Kier alpha value is -3.06. The Kier molecular flexibility index (Phi) is 5.09. The monoisotopic (exact) mass is 370 g/mol. The van der Waals surface area contributed by atoms with Gasteiger partial charge in [0.1, 0.15) is 5.82 Å². The number of carbonyl (C=O) groups excluding carboxylic acids is 1. The fourth-order valence-corrected chi connectivity index (χ4v) is 3.39. The SMILES string of the molecule is Cc1ccc(C(=O)N[C@@H](c2ccc(F)cc2)c2cccs2)cc1[N+](=O)[O-]. The van der Waals surface area contributed by atoms with E-state index < -0.39 is 16.9 Å². The molecule has 2 aromatic carbocycles. The number of thiophene rings is 1. The molecule has 0 spiro atoms. The number of hydrogen-bond acceptors (Lipinski definition) is 4. The van der Waals surface area contributed by atoms with Crippen molar-refractivity contribution in [3.05, 3.63) is 97.5 Å². The van der Waals surface area contributed by atoms with Gasteiger partial charge in [-0.15, -0.1) is 11.3 Å². The highest BCUT2D eigenvalue weighted by Gasteiger charge is 2.21. The van der Waals surface area contributed by atoms with E-state index in [1.807, 2.05) is 17.5 Å². The molecular weight excluding hydrogens is 355 g/mol. The van der Waals surface area contributed by atoms with Crippen LogP contribution in [0.3, 0.4) is 0 Å². The molecule has 3 aromatic rings. The lowest BCUT2D eigenvalue weighted by Gasteiger charge is -2.18. The summed E-state index contributed by atoms with van der Waals surface area (Å²) in [6, 6.07) is 13.5. The predicted octanol–water partition coefficient (Wildman–Crippen LogP) is 4.62. The number of carbonyl (C=O) groups is 1. The zero-order valence-electron chi connectivity index (χ0n) is 13.8. The Morgan fingerprint density at radius 1 is 1.19 bits per heavy atom. The molecule has 26 heavy (non-hydrogen) atoms. The first-order valence-electron chi connectivity index (χ1n) is 7.80. The van der Waals surface area contributed by atoms with Gasteiger partial charge in [0.25, 0.3) is 11.6 Å². The zero-order chi connectivity index (χ0) is 18.7. The molecule has 0 aliphatic heterocycles. The average Bonchev–Trinajstić information content (AvgIpc) is 3.15. The number of nitrogens with zero attached hydrogens (tertiary/aromatic N) is 1. The maximum Gasteiger partial charge on any atom is 0.273 e. The minimum absolute atomic E-state index is 0.105. The van der Waals surface area contributed by atoms with E-state index in [4.69, 9.17) is 0 Å². The predicted molar refractivity (Wildman–Crippen MR) is 97.9 cm³/mol. The van der Waals surface area contributed by atoms with Crippen LogP contribution in [0.25, 0.3) is 0 Å². The largest absolute Gasteiger partial charge is 0.340 e. The topological polar surface area (TPSA) is 72.2 Å². The van der Waals surface area contributed by atoms with Crippen LogP contribution < -0.4 is 5.32 Å². The van der Waals surface area contributed by atoms with Gasteiger partial charge in [0.15, 0.2) is 0 Å². The lowest BCUT2D eigenvalue weighted by atomic mass is 10.0. The van der Waals surface area contributed by atoms with Crippen LogP contribution in [0.4, 0.5) is 10.1 Å². The minimum atomic E-state index is -0.511. The van der Waals surface area contributed by atoms with E-state index in [-0.39, 0.29) is 17.1 Å². The molecule has 3 rings (SSSR count). The molecule has 1 heterocycles. The summed E-state index contributed by atoms with van der Waals surface area (Å²) in [5.74, 6) is -0.796. The third-order valence-electron chi connectivity index (χ3n) is 3.97. The van der Waals surface area contributed by atoms with Gasteiger partial charge in [-0.2, -0.15) is 0 Å². The van der Waals surface area contributed by atoms with Crippen molar-refractivity contribution in [2.24, 2.45) is 0 Å². The first-order chi connectivity index (χ1) is 12.5. The van der Waals surface area contributed by atoms with Crippen LogP contribution in [0.1, 0.15) is 32.4 Å². The lowest BCUT2D eigenvalue weighted by molar-refractivity contribution is -0.385. The normalized spacial score (nSPS) is 11.8. The standard InChI is InChI=1S/C19H15FN2O3S/c1-12-4-5-14(11-16(12)22(24)25)19(23)21-18(17-3-2-10-26-17)13-6-8-15(20)9-7-13/h2-11,18H,1H3,(H,21,23)/t18-/m0/s1. The van der Waals surface area contributed by atoms with Gasteiger partial charge in [0, 0.05) is 22.1 Å². The molecule has 1 amide bonds. The second-order valence-corrected chi connectivity index (χ2v) is 6.71. The number of hydrogen-bond donors (Lipinski definition) is 1. The molecule has 0 bridgehead atoms. The van der Waals surface area contributed by atoms with Crippen LogP contribution in [0.15, 0.2) is 60.0 Å². The van der Waals surface area contributed by atoms with Crippen molar-refractivity contribution in [1.82, 2.24) is 5.32 Å². The molecule has 0 unspecified atom stereocenters. The summed E-state index contributed by atoms with van der Waals surface area (Å²) < 4.78 is 13.2. The van der Waals surface area contributed by atoms with E-state index in [1.54, 1.807) is 31.2 Å².